The van der Waals surface area contributed by atoms with Crippen LogP contribution in [0.4, 0.5) is 5.69 Å². The molecule has 1 heterocycles. The second-order valence-corrected chi connectivity index (χ2v) is 6.28. The van der Waals surface area contributed by atoms with Crippen molar-refractivity contribution in [1.82, 2.24) is 5.32 Å². The van der Waals surface area contributed by atoms with Crippen LogP contribution < -0.4 is 15.0 Å². The number of halogens is 1. The van der Waals surface area contributed by atoms with E-state index in [1.165, 1.54) is 4.90 Å². The van der Waals surface area contributed by atoms with Crippen LogP contribution in [0.1, 0.15) is 39.5 Å². The molecule has 6 heteroatoms. The second-order valence-electron chi connectivity index (χ2n) is 5.84. The number of nitrogens with one attached hydrogen (secondary N) is 1. The van der Waals surface area contributed by atoms with Crippen molar-refractivity contribution in [1.29, 1.82) is 0 Å². The molecule has 1 unspecified atom stereocenters. The van der Waals surface area contributed by atoms with Gasteiger partial charge in [0.2, 0.25) is 5.91 Å². The summed E-state index contributed by atoms with van der Waals surface area (Å²) >= 11 is 5.99. The van der Waals surface area contributed by atoms with E-state index in [1.54, 1.807) is 18.2 Å². The summed E-state index contributed by atoms with van der Waals surface area (Å²) in [6, 6.07) is 5.16. The number of carbonyl (C=O) groups excluding carboxylic acids is 2. The van der Waals surface area contributed by atoms with Gasteiger partial charge >= 0.3 is 0 Å². The highest BCUT2D eigenvalue weighted by Crippen LogP contribution is 2.34. The second kappa shape index (κ2) is 8.20. The van der Waals surface area contributed by atoms with Crippen LogP contribution >= 0.6 is 11.6 Å². The number of rotatable bonds is 7. The van der Waals surface area contributed by atoms with Gasteiger partial charge in [0.25, 0.3) is 5.91 Å². The molecule has 1 aromatic carbocycles. The van der Waals surface area contributed by atoms with E-state index in [4.69, 9.17) is 16.3 Å². The number of anilines is 1. The standard InChI is InChI=1S/C17H23ClN2O3/c1-3-4-5-6-12(2)19-16(21)10-20-14-9-13(18)7-8-15(14)23-11-17(20)22/h7-9,12H,3-6,10-11H2,1-2H3,(H,19,21). The Morgan fingerprint density at radius 2 is 2.22 bits per heavy atom. The van der Waals surface area contributed by atoms with Crippen molar-refractivity contribution in [2.45, 2.75) is 45.6 Å². The minimum absolute atomic E-state index is 0.0202. The van der Waals surface area contributed by atoms with Crippen molar-refractivity contribution in [2.75, 3.05) is 18.1 Å². The summed E-state index contributed by atoms with van der Waals surface area (Å²) in [4.78, 5) is 25.7. The van der Waals surface area contributed by atoms with E-state index < -0.39 is 0 Å². The van der Waals surface area contributed by atoms with Crippen molar-refractivity contribution in [3.8, 4) is 5.75 Å². The topological polar surface area (TPSA) is 58.6 Å². The Kier molecular flexibility index (Phi) is 6.28. The third kappa shape index (κ3) is 4.86. The number of unbranched alkanes of at least 4 members (excludes halogenated alkanes) is 2. The van der Waals surface area contributed by atoms with Crippen LogP contribution in [0.2, 0.25) is 5.02 Å². The van der Waals surface area contributed by atoms with E-state index in [-0.39, 0.29) is 31.0 Å². The molecule has 1 aliphatic rings. The Hall–Kier alpha value is -1.75. The van der Waals surface area contributed by atoms with E-state index in [1.807, 2.05) is 6.92 Å². The molecule has 1 aromatic rings. The van der Waals surface area contributed by atoms with Crippen molar-refractivity contribution in [3.05, 3.63) is 23.2 Å². The summed E-state index contributed by atoms with van der Waals surface area (Å²) in [5.41, 5.74) is 0.544. The van der Waals surface area contributed by atoms with Crippen molar-refractivity contribution in [3.63, 3.8) is 0 Å². The average molecular weight is 339 g/mol. The average Bonchev–Trinajstić information content (AvgIpc) is 2.50. The van der Waals surface area contributed by atoms with Crippen LogP contribution in [0.5, 0.6) is 5.75 Å². The van der Waals surface area contributed by atoms with Gasteiger partial charge in [0.05, 0.1) is 5.69 Å². The van der Waals surface area contributed by atoms with E-state index >= 15 is 0 Å². The summed E-state index contributed by atoms with van der Waals surface area (Å²) in [6.07, 6.45) is 4.35. The van der Waals surface area contributed by atoms with Gasteiger partial charge in [0, 0.05) is 11.1 Å². The number of nitrogens with zero attached hydrogens (tertiary/aromatic N) is 1. The zero-order valence-electron chi connectivity index (χ0n) is 13.6. The van der Waals surface area contributed by atoms with Crippen LogP contribution in [0.15, 0.2) is 18.2 Å². The lowest BCUT2D eigenvalue weighted by molar-refractivity contribution is -0.125. The summed E-state index contributed by atoms with van der Waals surface area (Å²) in [5, 5.41) is 3.45. The first-order valence-corrected chi connectivity index (χ1v) is 8.41. The maximum atomic E-state index is 12.2. The third-order valence-electron chi connectivity index (χ3n) is 3.81. The highest BCUT2D eigenvalue weighted by Gasteiger charge is 2.27. The minimum Gasteiger partial charge on any atom is -0.482 e. The normalized spacial score (nSPS) is 14.9. The molecule has 1 atom stereocenters. The molecular weight excluding hydrogens is 316 g/mol. The van der Waals surface area contributed by atoms with Crippen molar-refractivity contribution < 1.29 is 14.3 Å². The largest absolute Gasteiger partial charge is 0.482 e. The van der Waals surface area contributed by atoms with E-state index in [0.717, 1.165) is 25.7 Å². The van der Waals surface area contributed by atoms with Crippen LogP contribution in [0, 0.1) is 0 Å². The molecule has 0 aromatic heterocycles. The molecule has 5 nitrogen and oxygen atoms in total. The summed E-state index contributed by atoms with van der Waals surface area (Å²) in [5.74, 6) is 0.154. The Bertz CT molecular complexity index is 577. The highest BCUT2D eigenvalue weighted by atomic mass is 35.5. The van der Waals surface area contributed by atoms with E-state index in [9.17, 15) is 9.59 Å². The number of fused-ring (bicyclic) bond motifs is 1. The minimum atomic E-state index is -0.242. The fourth-order valence-corrected chi connectivity index (χ4v) is 2.75. The van der Waals surface area contributed by atoms with E-state index in [2.05, 4.69) is 12.2 Å². The number of amides is 2. The van der Waals surface area contributed by atoms with E-state index in [0.29, 0.717) is 16.5 Å². The zero-order valence-corrected chi connectivity index (χ0v) is 14.4. The Labute approximate surface area is 141 Å². The maximum absolute atomic E-state index is 12.2. The summed E-state index contributed by atoms with van der Waals surface area (Å²) < 4.78 is 5.37. The van der Waals surface area contributed by atoms with Crippen molar-refractivity contribution >= 4 is 29.1 Å². The molecule has 0 fully saturated rings. The molecule has 23 heavy (non-hydrogen) atoms. The Morgan fingerprint density at radius 3 is 2.96 bits per heavy atom. The quantitative estimate of drug-likeness (QED) is 0.777. The number of carbonyl (C=O) groups is 2. The summed E-state index contributed by atoms with van der Waals surface area (Å²) in [7, 11) is 0. The van der Waals surface area contributed by atoms with Gasteiger partial charge in [0.1, 0.15) is 12.3 Å². The zero-order chi connectivity index (χ0) is 16.8. The predicted molar refractivity (Wildman–Crippen MR) is 91.0 cm³/mol. The monoisotopic (exact) mass is 338 g/mol. The predicted octanol–water partition coefficient (Wildman–Crippen LogP) is 3.15. The Morgan fingerprint density at radius 1 is 1.43 bits per heavy atom. The van der Waals surface area contributed by atoms with Gasteiger partial charge in [0.15, 0.2) is 6.61 Å². The lowest BCUT2D eigenvalue weighted by Crippen LogP contribution is -2.46. The van der Waals surface area contributed by atoms with Gasteiger partial charge in [-0.2, -0.15) is 0 Å². The third-order valence-corrected chi connectivity index (χ3v) is 4.05. The van der Waals surface area contributed by atoms with Gasteiger partial charge in [-0.25, -0.2) is 0 Å². The molecule has 0 spiro atoms. The molecule has 1 aliphatic heterocycles. The Balaban J connectivity index is 1.98. The van der Waals surface area contributed by atoms with Gasteiger partial charge in [-0.1, -0.05) is 37.8 Å². The molecule has 2 amide bonds. The molecule has 1 N–H and O–H groups in total. The van der Waals surface area contributed by atoms with Gasteiger partial charge in [-0.05, 0) is 31.5 Å². The van der Waals surface area contributed by atoms with Crippen LogP contribution in [0.25, 0.3) is 0 Å². The first kappa shape index (κ1) is 17.6. The van der Waals surface area contributed by atoms with Gasteiger partial charge in [-0.3, -0.25) is 14.5 Å². The maximum Gasteiger partial charge on any atom is 0.265 e. The molecule has 126 valence electrons. The molecular formula is C17H23ClN2O3. The molecule has 0 radical (unpaired) electrons. The lowest BCUT2D eigenvalue weighted by atomic mass is 10.1. The fourth-order valence-electron chi connectivity index (χ4n) is 2.59. The fraction of sp³-hybridized carbons (Fsp3) is 0.529. The van der Waals surface area contributed by atoms with Crippen LogP contribution in [-0.2, 0) is 9.59 Å². The summed E-state index contributed by atoms with van der Waals surface area (Å²) in [6.45, 7) is 4.05. The molecule has 0 aliphatic carbocycles. The molecule has 0 bridgehead atoms. The van der Waals surface area contributed by atoms with Crippen LogP contribution in [0.3, 0.4) is 0 Å². The number of hydrogen-bond donors (Lipinski definition) is 1. The first-order chi connectivity index (χ1) is 11.0. The molecule has 0 saturated heterocycles. The number of hydrogen-bond acceptors (Lipinski definition) is 3. The molecule has 0 saturated carbocycles. The smallest absolute Gasteiger partial charge is 0.265 e. The molecule has 2 rings (SSSR count). The van der Waals surface area contributed by atoms with Crippen molar-refractivity contribution in [2.24, 2.45) is 0 Å². The van der Waals surface area contributed by atoms with Crippen LogP contribution in [-0.4, -0.2) is 31.0 Å². The number of ether oxygens (including phenoxy) is 1. The lowest BCUT2D eigenvalue weighted by Gasteiger charge is -2.29. The number of benzene rings is 1. The highest BCUT2D eigenvalue weighted by molar-refractivity contribution is 6.31. The van der Waals surface area contributed by atoms with Gasteiger partial charge in [-0.15, -0.1) is 0 Å². The first-order valence-electron chi connectivity index (χ1n) is 8.03. The SMILES string of the molecule is CCCCCC(C)NC(=O)CN1C(=O)COc2ccc(Cl)cc21. The van der Waals surface area contributed by atoms with Gasteiger partial charge < -0.3 is 10.1 Å².